The number of para-hydroxylation sites is 1. The van der Waals surface area contributed by atoms with Crippen LogP contribution >= 0.6 is 0 Å². The van der Waals surface area contributed by atoms with Crippen LogP contribution < -0.4 is 9.47 Å². The average molecular weight is 523 g/mol. The summed E-state index contributed by atoms with van der Waals surface area (Å²) in [5, 5.41) is 10.1. The SMILES string of the molecule is COc1ccc2nccc([C@H](F)CC[C@@H]3CCN(CCCc4ccccc4OC)C[C@H]3CCC(=O)O)c2c1. The van der Waals surface area contributed by atoms with Gasteiger partial charge in [0.25, 0.3) is 0 Å². The molecule has 1 aromatic heterocycles. The number of hydrogen-bond acceptors (Lipinski definition) is 5. The summed E-state index contributed by atoms with van der Waals surface area (Å²) >= 11 is 0. The first kappa shape index (κ1) is 27.8. The van der Waals surface area contributed by atoms with Crippen LogP contribution in [0.2, 0.25) is 0 Å². The number of aliphatic carboxylic acids is 1. The maximum atomic E-state index is 15.6. The summed E-state index contributed by atoms with van der Waals surface area (Å²) in [6, 6.07) is 15.4. The lowest BCUT2D eigenvalue weighted by Gasteiger charge is -2.39. The number of methoxy groups -OCH3 is 2. The van der Waals surface area contributed by atoms with E-state index in [-0.39, 0.29) is 12.3 Å². The van der Waals surface area contributed by atoms with Crippen molar-refractivity contribution in [3.8, 4) is 11.5 Å². The third-order valence-electron chi connectivity index (χ3n) is 7.93. The number of fused-ring (bicyclic) bond motifs is 1. The molecule has 3 aromatic rings. The fourth-order valence-corrected chi connectivity index (χ4v) is 5.84. The van der Waals surface area contributed by atoms with Gasteiger partial charge in [0.05, 0.1) is 19.7 Å². The number of alkyl halides is 1. The molecule has 2 aromatic carbocycles. The molecule has 0 aliphatic carbocycles. The first-order valence-corrected chi connectivity index (χ1v) is 13.6. The van der Waals surface area contributed by atoms with Gasteiger partial charge in [-0.3, -0.25) is 9.78 Å². The normalized spacial score (nSPS) is 18.8. The van der Waals surface area contributed by atoms with Gasteiger partial charge in [-0.15, -0.1) is 0 Å². The number of hydrogen-bond donors (Lipinski definition) is 1. The summed E-state index contributed by atoms with van der Waals surface area (Å²) in [6.07, 6.45) is 5.44. The summed E-state index contributed by atoms with van der Waals surface area (Å²) in [7, 11) is 3.30. The van der Waals surface area contributed by atoms with Crippen molar-refractivity contribution in [2.75, 3.05) is 33.9 Å². The van der Waals surface area contributed by atoms with E-state index in [0.717, 1.165) is 62.0 Å². The average Bonchev–Trinajstić information content (AvgIpc) is 2.94. The van der Waals surface area contributed by atoms with Gasteiger partial charge in [-0.1, -0.05) is 18.2 Å². The quantitative estimate of drug-likeness (QED) is 0.277. The molecule has 4 rings (SSSR count). The van der Waals surface area contributed by atoms with Crippen molar-refractivity contribution in [1.29, 1.82) is 0 Å². The number of likely N-dealkylation sites (tertiary alicyclic amines) is 1. The van der Waals surface area contributed by atoms with Gasteiger partial charge >= 0.3 is 5.97 Å². The van der Waals surface area contributed by atoms with Crippen molar-refractivity contribution >= 4 is 16.9 Å². The zero-order chi connectivity index (χ0) is 26.9. The molecular weight excluding hydrogens is 483 g/mol. The molecule has 0 amide bonds. The Morgan fingerprint density at radius 2 is 1.97 bits per heavy atom. The second-order valence-electron chi connectivity index (χ2n) is 10.3. The first-order valence-electron chi connectivity index (χ1n) is 13.6. The molecule has 0 spiro atoms. The Morgan fingerprint density at radius 1 is 1.13 bits per heavy atom. The molecule has 1 saturated heterocycles. The van der Waals surface area contributed by atoms with Gasteiger partial charge in [0.15, 0.2) is 0 Å². The van der Waals surface area contributed by atoms with Gasteiger partial charge < -0.3 is 19.5 Å². The molecule has 1 aliphatic heterocycles. The fraction of sp³-hybridized carbons (Fsp3) is 0.484. The maximum Gasteiger partial charge on any atom is 0.303 e. The number of nitrogens with zero attached hydrogens (tertiary/aromatic N) is 2. The maximum absolute atomic E-state index is 15.6. The lowest BCUT2D eigenvalue weighted by molar-refractivity contribution is -0.137. The zero-order valence-electron chi connectivity index (χ0n) is 22.4. The van der Waals surface area contributed by atoms with Crippen molar-refractivity contribution < 1.29 is 23.8 Å². The van der Waals surface area contributed by atoms with Crippen molar-refractivity contribution in [3.05, 3.63) is 65.9 Å². The molecule has 0 radical (unpaired) electrons. The molecule has 1 N–H and O–H groups in total. The second kappa shape index (κ2) is 13.6. The highest BCUT2D eigenvalue weighted by Crippen LogP contribution is 2.36. The summed E-state index contributed by atoms with van der Waals surface area (Å²) in [5.41, 5.74) is 2.61. The Kier molecular flexibility index (Phi) is 9.93. The van der Waals surface area contributed by atoms with E-state index in [1.807, 2.05) is 36.4 Å². The van der Waals surface area contributed by atoms with E-state index in [1.54, 1.807) is 26.5 Å². The predicted octanol–water partition coefficient (Wildman–Crippen LogP) is 6.48. The van der Waals surface area contributed by atoms with Crippen LogP contribution in [0.4, 0.5) is 4.39 Å². The van der Waals surface area contributed by atoms with Crippen molar-refractivity contribution in [2.45, 2.75) is 51.1 Å². The van der Waals surface area contributed by atoms with Gasteiger partial charge in [0, 0.05) is 24.5 Å². The summed E-state index contributed by atoms with van der Waals surface area (Å²) in [6.45, 7) is 2.80. The van der Waals surface area contributed by atoms with Gasteiger partial charge in [-0.05, 0) is 105 Å². The van der Waals surface area contributed by atoms with E-state index in [0.29, 0.717) is 30.1 Å². The number of aryl methyl sites for hydroxylation is 1. The number of aromatic nitrogens is 1. The number of carboxylic acids is 1. The van der Waals surface area contributed by atoms with Crippen molar-refractivity contribution in [3.63, 3.8) is 0 Å². The number of carboxylic acid groups (broad SMARTS) is 1. The van der Waals surface area contributed by atoms with Gasteiger partial charge in [-0.2, -0.15) is 0 Å². The van der Waals surface area contributed by atoms with Crippen LogP contribution in [0.25, 0.3) is 10.9 Å². The van der Waals surface area contributed by atoms with Crippen LogP contribution in [0, 0.1) is 11.8 Å². The van der Waals surface area contributed by atoms with E-state index in [9.17, 15) is 9.90 Å². The van der Waals surface area contributed by atoms with Crippen LogP contribution in [0.15, 0.2) is 54.7 Å². The molecule has 6 nitrogen and oxygen atoms in total. The molecule has 0 unspecified atom stereocenters. The number of pyridine rings is 1. The number of ether oxygens (including phenoxy) is 2. The molecule has 1 fully saturated rings. The smallest absolute Gasteiger partial charge is 0.303 e. The monoisotopic (exact) mass is 522 g/mol. The Hall–Kier alpha value is -3.19. The Balaban J connectivity index is 1.35. The van der Waals surface area contributed by atoms with Crippen molar-refractivity contribution in [2.24, 2.45) is 11.8 Å². The Bertz CT molecular complexity index is 1200. The summed E-state index contributed by atoms with van der Waals surface area (Å²) in [4.78, 5) is 18.2. The molecule has 7 heteroatoms. The van der Waals surface area contributed by atoms with E-state index in [2.05, 4.69) is 16.0 Å². The lowest BCUT2D eigenvalue weighted by atomic mass is 9.79. The molecule has 204 valence electrons. The molecule has 1 aliphatic rings. The first-order chi connectivity index (χ1) is 18.5. The van der Waals surface area contributed by atoms with Crippen LogP contribution in [0.5, 0.6) is 11.5 Å². The minimum atomic E-state index is -1.10. The van der Waals surface area contributed by atoms with E-state index >= 15 is 4.39 Å². The Labute approximate surface area is 224 Å². The fourth-order valence-electron chi connectivity index (χ4n) is 5.84. The second-order valence-corrected chi connectivity index (χ2v) is 10.3. The summed E-state index contributed by atoms with van der Waals surface area (Å²) < 4.78 is 26.4. The molecular formula is C31H39FN2O4. The van der Waals surface area contributed by atoms with Crippen LogP contribution in [0.3, 0.4) is 0 Å². The molecule has 0 saturated carbocycles. The van der Waals surface area contributed by atoms with Crippen molar-refractivity contribution in [1.82, 2.24) is 9.88 Å². The van der Waals surface area contributed by atoms with Gasteiger partial charge in [0.2, 0.25) is 0 Å². The minimum absolute atomic E-state index is 0.157. The highest BCUT2D eigenvalue weighted by molar-refractivity contribution is 5.83. The summed E-state index contributed by atoms with van der Waals surface area (Å²) in [5.74, 6) is 1.42. The largest absolute Gasteiger partial charge is 0.497 e. The third-order valence-corrected chi connectivity index (χ3v) is 7.93. The van der Waals surface area contributed by atoms with E-state index in [1.165, 1.54) is 5.56 Å². The minimum Gasteiger partial charge on any atom is -0.497 e. The molecule has 3 atom stereocenters. The van der Waals surface area contributed by atoms with Crippen LogP contribution in [-0.4, -0.2) is 54.8 Å². The lowest BCUT2D eigenvalue weighted by Crippen LogP contribution is -2.41. The molecule has 0 bridgehead atoms. The number of carbonyl (C=O) groups is 1. The third kappa shape index (κ3) is 7.22. The Morgan fingerprint density at radius 3 is 2.76 bits per heavy atom. The number of rotatable bonds is 13. The van der Waals surface area contributed by atoms with Crippen LogP contribution in [-0.2, 0) is 11.2 Å². The number of benzene rings is 2. The van der Waals surface area contributed by atoms with Gasteiger partial charge in [-0.25, -0.2) is 4.39 Å². The van der Waals surface area contributed by atoms with Crippen LogP contribution in [0.1, 0.15) is 55.8 Å². The zero-order valence-corrected chi connectivity index (χ0v) is 22.4. The van der Waals surface area contributed by atoms with Gasteiger partial charge in [0.1, 0.15) is 17.7 Å². The molecule has 2 heterocycles. The topological polar surface area (TPSA) is 71.9 Å². The number of halogens is 1. The predicted molar refractivity (Wildman–Crippen MR) is 148 cm³/mol. The number of piperidine rings is 1. The highest BCUT2D eigenvalue weighted by atomic mass is 19.1. The standard InChI is InChI=1S/C31H39FN2O4/c1-37-25-11-13-29-27(20-25)26(15-17-33-29)28(32)12-9-22-16-19-34(21-24(22)10-14-31(35)36)18-5-7-23-6-3-4-8-30(23)38-2/h3-4,6,8,11,13,15,17,20,22,24,28H,5,7,9-10,12,14,16,18-19,21H2,1-2H3,(H,35,36)/t22-,24-,28-/m1/s1. The van der Waals surface area contributed by atoms with E-state index in [4.69, 9.17) is 9.47 Å². The van der Waals surface area contributed by atoms with E-state index < -0.39 is 12.1 Å². The highest BCUT2D eigenvalue weighted by Gasteiger charge is 2.30. The molecule has 38 heavy (non-hydrogen) atoms.